The van der Waals surface area contributed by atoms with E-state index in [1.165, 1.54) is 38.1 Å². The Bertz CT molecular complexity index is 1460. The second kappa shape index (κ2) is 18.4. The molecule has 0 aliphatic carbocycles. The third-order valence-electron chi connectivity index (χ3n) is 7.71. The molecule has 0 fully saturated rings. The van der Waals surface area contributed by atoms with Crippen LogP contribution in [0.4, 0.5) is 0 Å². The van der Waals surface area contributed by atoms with Gasteiger partial charge in [-0.3, -0.25) is 28.8 Å². The summed E-state index contributed by atoms with van der Waals surface area (Å²) in [5.74, 6) is -5.51. The molecule has 10 N–H and O–H groups in total. The monoisotopic (exact) mass is 684 g/mol. The molecule has 15 heteroatoms. The average Bonchev–Trinajstić information content (AvgIpc) is 3.03. The number of hydrogen-bond donors (Lipinski definition) is 9. The average molecular weight is 685 g/mol. The Morgan fingerprint density at radius 1 is 0.551 bits per heavy atom. The van der Waals surface area contributed by atoms with Crippen LogP contribution in [0.5, 0.6) is 11.5 Å². The van der Waals surface area contributed by atoms with Gasteiger partial charge in [0.15, 0.2) is 0 Å². The second-order valence-corrected chi connectivity index (χ2v) is 12.7. The van der Waals surface area contributed by atoms with E-state index in [0.717, 1.165) is 0 Å². The zero-order chi connectivity index (χ0) is 37.0. The van der Waals surface area contributed by atoms with E-state index in [2.05, 4.69) is 26.6 Å². The van der Waals surface area contributed by atoms with E-state index in [4.69, 9.17) is 5.73 Å². The summed E-state index contributed by atoms with van der Waals surface area (Å²) in [4.78, 5) is 77.1. The van der Waals surface area contributed by atoms with Gasteiger partial charge in [0, 0.05) is 6.42 Å². The van der Waals surface area contributed by atoms with Crippen LogP contribution in [0.3, 0.4) is 0 Å². The molecule has 0 unspecified atom stereocenters. The number of carboxylic acid groups (broad SMARTS) is 1. The molecule has 2 aromatic rings. The fraction of sp³-hybridized carbons (Fsp3) is 0.471. The van der Waals surface area contributed by atoms with E-state index in [9.17, 15) is 44.1 Å². The molecule has 2 rings (SSSR count). The lowest BCUT2D eigenvalue weighted by molar-refractivity contribution is -0.142. The first-order valence-corrected chi connectivity index (χ1v) is 16.0. The van der Waals surface area contributed by atoms with Crippen LogP contribution in [0.15, 0.2) is 48.5 Å². The maximum Gasteiger partial charge on any atom is 0.325 e. The standard InChI is InChI=1S/C34H48N6O9/c1-17(2)27(39-30(44)25(35)15-21-7-11-23(41)12-8-21)32(46)36-19(5)29(43)38-26(16-22-9-13-24(42)14-10-22)31(45)40-28(18(3)4)33(47)37-20(6)34(48)49/h7-14,17-20,25-28,41-42H,15-16,35H2,1-6H3,(H,36,46)(H,37,47)(H,38,43)(H,39,44)(H,40,45)(H,48,49)/t19-,20+,25-,26-,27-,28-/m0/s1. The van der Waals surface area contributed by atoms with Crippen molar-refractivity contribution in [3.8, 4) is 11.5 Å². The first-order chi connectivity index (χ1) is 22.9. The summed E-state index contributed by atoms with van der Waals surface area (Å²) >= 11 is 0. The Labute approximate surface area is 285 Å². The van der Waals surface area contributed by atoms with Gasteiger partial charge in [0.2, 0.25) is 29.5 Å². The van der Waals surface area contributed by atoms with Crippen molar-refractivity contribution in [2.45, 2.75) is 90.6 Å². The van der Waals surface area contributed by atoms with Crippen LogP contribution in [-0.2, 0) is 41.6 Å². The molecule has 0 spiro atoms. The number of hydrogen-bond acceptors (Lipinski definition) is 9. The first kappa shape index (κ1) is 40.0. The minimum atomic E-state index is -1.26. The molecule has 5 amide bonds. The molecule has 15 nitrogen and oxygen atoms in total. The van der Waals surface area contributed by atoms with Crippen molar-refractivity contribution >= 4 is 35.5 Å². The lowest BCUT2D eigenvalue weighted by Gasteiger charge is -2.28. The highest BCUT2D eigenvalue weighted by Gasteiger charge is 2.33. The predicted molar refractivity (Wildman–Crippen MR) is 180 cm³/mol. The van der Waals surface area contributed by atoms with Crippen LogP contribution in [0.1, 0.15) is 52.7 Å². The number of carbonyl (C=O) groups is 6. The molecule has 0 bridgehead atoms. The van der Waals surface area contributed by atoms with E-state index >= 15 is 0 Å². The van der Waals surface area contributed by atoms with Crippen LogP contribution in [-0.4, -0.2) is 87.1 Å². The minimum Gasteiger partial charge on any atom is -0.508 e. The number of aliphatic carboxylic acids is 1. The highest BCUT2D eigenvalue weighted by molar-refractivity contribution is 5.96. The summed E-state index contributed by atoms with van der Waals surface area (Å²) in [6.45, 7) is 9.41. The fourth-order valence-electron chi connectivity index (χ4n) is 4.67. The topological polar surface area (TPSA) is 249 Å². The van der Waals surface area contributed by atoms with Gasteiger partial charge < -0.3 is 47.6 Å². The Morgan fingerprint density at radius 3 is 1.39 bits per heavy atom. The Hall–Kier alpha value is -5.18. The van der Waals surface area contributed by atoms with Gasteiger partial charge in [-0.2, -0.15) is 0 Å². The smallest absolute Gasteiger partial charge is 0.325 e. The van der Waals surface area contributed by atoms with Gasteiger partial charge in [-0.05, 0) is 67.5 Å². The number of nitrogens with two attached hydrogens (primary N) is 1. The number of nitrogens with one attached hydrogen (secondary N) is 5. The number of aromatic hydroxyl groups is 2. The number of carboxylic acids is 1. The number of benzene rings is 2. The summed E-state index contributed by atoms with van der Waals surface area (Å²) in [5.41, 5.74) is 7.34. The SMILES string of the molecule is CC(C)[C@H](NC(=O)[C@H](Cc1ccc(O)cc1)NC(=O)[C@H](C)NC(=O)[C@@H](NC(=O)[C@@H](N)Cc1ccc(O)cc1)C(C)C)C(=O)N[C@H](C)C(=O)O. The van der Waals surface area contributed by atoms with Gasteiger partial charge >= 0.3 is 5.97 Å². The normalized spacial score (nSPS) is 14.8. The minimum absolute atomic E-state index is 0.0117. The fourth-order valence-corrected chi connectivity index (χ4v) is 4.67. The molecule has 49 heavy (non-hydrogen) atoms. The van der Waals surface area contributed by atoms with Crippen molar-refractivity contribution in [3.05, 3.63) is 59.7 Å². The quantitative estimate of drug-likeness (QED) is 0.108. The Balaban J connectivity index is 2.17. The molecule has 6 atom stereocenters. The number of phenolic OH excluding ortho intramolecular Hbond substituents is 2. The van der Waals surface area contributed by atoms with Crippen molar-refractivity contribution < 1.29 is 44.1 Å². The van der Waals surface area contributed by atoms with Crippen LogP contribution in [0.2, 0.25) is 0 Å². The van der Waals surface area contributed by atoms with Crippen molar-refractivity contribution in [1.82, 2.24) is 26.6 Å². The van der Waals surface area contributed by atoms with Crippen LogP contribution >= 0.6 is 0 Å². The van der Waals surface area contributed by atoms with Crippen LogP contribution in [0, 0.1) is 11.8 Å². The van der Waals surface area contributed by atoms with Crippen molar-refractivity contribution in [1.29, 1.82) is 0 Å². The molecule has 0 aliphatic heterocycles. The summed E-state index contributed by atoms with van der Waals surface area (Å²) in [6.07, 6.45) is 0.0971. The predicted octanol–water partition coefficient (Wildman–Crippen LogP) is 0.0707. The molecule has 0 heterocycles. The largest absolute Gasteiger partial charge is 0.508 e. The van der Waals surface area contributed by atoms with E-state index in [1.54, 1.807) is 52.0 Å². The van der Waals surface area contributed by atoms with Gasteiger partial charge in [0.25, 0.3) is 0 Å². The van der Waals surface area contributed by atoms with Crippen LogP contribution in [0.25, 0.3) is 0 Å². The molecule has 0 aliphatic rings. The molecule has 0 saturated carbocycles. The first-order valence-electron chi connectivity index (χ1n) is 16.0. The zero-order valence-electron chi connectivity index (χ0n) is 28.5. The van der Waals surface area contributed by atoms with E-state index < -0.39 is 83.6 Å². The van der Waals surface area contributed by atoms with Crippen LogP contribution < -0.4 is 32.3 Å². The number of phenols is 2. The van der Waals surface area contributed by atoms with E-state index in [-0.39, 0.29) is 24.3 Å². The number of carbonyl (C=O) groups excluding carboxylic acids is 5. The molecule has 0 aromatic heterocycles. The van der Waals surface area contributed by atoms with Gasteiger partial charge in [-0.25, -0.2) is 0 Å². The molecule has 0 saturated heterocycles. The lowest BCUT2D eigenvalue weighted by atomic mass is 10.00. The van der Waals surface area contributed by atoms with E-state index in [0.29, 0.717) is 11.1 Å². The van der Waals surface area contributed by atoms with Gasteiger partial charge in [0.05, 0.1) is 6.04 Å². The van der Waals surface area contributed by atoms with Gasteiger partial charge in [-0.15, -0.1) is 0 Å². The lowest BCUT2D eigenvalue weighted by Crippen LogP contribution is -2.60. The summed E-state index contributed by atoms with van der Waals surface area (Å²) in [5, 5.41) is 41.1. The summed E-state index contributed by atoms with van der Waals surface area (Å²) in [6, 6.07) is 5.29. The number of amides is 5. The molecule has 2 aromatic carbocycles. The highest BCUT2D eigenvalue weighted by atomic mass is 16.4. The Morgan fingerprint density at radius 2 is 0.959 bits per heavy atom. The Kier molecular flexibility index (Phi) is 15.0. The van der Waals surface area contributed by atoms with Crippen molar-refractivity contribution in [2.75, 3.05) is 0 Å². The van der Waals surface area contributed by atoms with Gasteiger partial charge in [-0.1, -0.05) is 52.0 Å². The summed E-state index contributed by atoms with van der Waals surface area (Å²) in [7, 11) is 0. The maximum atomic E-state index is 13.5. The molecular formula is C34H48N6O9. The molecule has 0 radical (unpaired) electrons. The van der Waals surface area contributed by atoms with Gasteiger partial charge in [0.1, 0.15) is 41.7 Å². The van der Waals surface area contributed by atoms with Crippen molar-refractivity contribution in [2.24, 2.45) is 17.6 Å². The van der Waals surface area contributed by atoms with E-state index in [1.807, 2.05) is 0 Å². The maximum absolute atomic E-state index is 13.5. The zero-order valence-corrected chi connectivity index (χ0v) is 28.5. The third kappa shape index (κ3) is 12.7. The highest BCUT2D eigenvalue weighted by Crippen LogP contribution is 2.14. The molecule has 268 valence electrons. The molecular weight excluding hydrogens is 636 g/mol. The van der Waals surface area contributed by atoms with Crippen molar-refractivity contribution in [3.63, 3.8) is 0 Å². The second-order valence-electron chi connectivity index (χ2n) is 12.7. The summed E-state index contributed by atoms with van der Waals surface area (Å²) < 4.78 is 0. The number of rotatable bonds is 17. The third-order valence-corrected chi connectivity index (χ3v) is 7.71.